The number of aliphatic hydroxyl groups is 1. The molecule has 11 heteroatoms. The second-order valence-electron chi connectivity index (χ2n) is 11.3. The lowest BCUT2D eigenvalue weighted by Gasteiger charge is -2.22. The van der Waals surface area contributed by atoms with Crippen molar-refractivity contribution in [3.8, 4) is 11.3 Å². The van der Waals surface area contributed by atoms with Crippen LogP contribution >= 0.6 is 8.58 Å². The first-order valence-electron chi connectivity index (χ1n) is 13.4. The summed E-state index contributed by atoms with van der Waals surface area (Å²) >= 11 is 0. The Balaban J connectivity index is 1.53. The maximum absolute atomic E-state index is 14.9. The third kappa shape index (κ3) is 6.83. The Bertz CT molecular complexity index is 1620. The number of aromatic nitrogens is 2. The van der Waals surface area contributed by atoms with Crippen molar-refractivity contribution < 1.29 is 19.1 Å². The number of H-pyrrole nitrogens is 1. The number of rotatable bonds is 7. The Morgan fingerprint density at radius 1 is 1.14 bits per heavy atom. The number of benzene rings is 2. The highest BCUT2D eigenvalue weighted by atomic mass is 31.1. The zero-order valence-electron chi connectivity index (χ0n) is 24.4. The van der Waals surface area contributed by atoms with Crippen molar-refractivity contribution in [3.05, 3.63) is 98.9 Å². The van der Waals surface area contributed by atoms with E-state index in [0.717, 1.165) is 5.56 Å². The minimum absolute atomic E-state index is 0.0279. The Hall–Kier alpha value is -4.14. The molecule has 4 N–H and O–H groups in total. The lowest BCUT2D eigenvalue weighted by molar-refractivity contribution is -0.135. The molecule has 2 amide bonds. The fraction of sp³-hybridized carbons (Fsp3) is 0.290. The van der Waals surface area contributed by atoms with Crippen LogP contribution in [-0.4, -0.2) is 58.0 Å². The van der Waals surface area contributed by atoms with E-state index in [-0.39, 0.29) is 31.2 Å². The summed E-state index contributed by atoms with van der Waals surface area (Å²) in [5, 5.41) is 22.8. The molecule has 0 saturated heterocycles. The molecule has 4 rings (SSSR count). The van der Waals surface area contributed by atoms with Crippen molar-refractivity contribution in [1.29, 1.82) is 0 Å². The van der Waals surface area contributed by atoms with E-state index in [1.54, 1.807) is 63.3 Å². The highest BCUT2D eigenvalue weighted by molar-refractivity contribution is 7.43. The second kappa shape index (κ2) is 12.4. The van der Waals surface area contributed by atoms with Crippen molar-refractivity contribution in [3.63, 3.8) is 0 Å². The number of halogens is 1. The molecule has 3 aromatic rings. The molecule has 3 atom stereocenters. The first kappa shape index (κ1) is 30.8. The summed E-state index contributed by atoms with van der Waals surface area (Å²) in [4.78, 5) is 39.0. The summed E-state index contributed by atoms with van der Waals surface area (Å²) < 4.78 is 14.9. The number of nitrogens with zero attached hydrogens (tertiary/aromatic N) is 2. The summed E-state index contributed by atoms with van der Waals surface area (Å²) in [5.74, 6) is 0.0723. The van der Waals surface area contributed by atoms with Gasteiger partial charge >= 0.3 is 0 Å². The Morgan fingerprint density at radius 2 is 1.83 bits per heavy atom. The molecular weight excluding hydrogens is 556 g/mol. The summed E-state index contributed by atoms with van der Waals surface area (Å²) in [5.41, 5.74) is 3.11. The molecule has 0 saturated carbocycles. The molecule has 1 aliphatic heterocycles. The van der Waals surface area contributed by atoms with Crippen LogP contribution in [0.3, 0.4) is 0 Å². The fourth-order valence-corrected chi connectivity index (χ4v) is 5.45. The average molecular weight is 592 g/mol. The summed E-state index contributed by atoms with van der Waals surface area (Å²) in [6, 6.07) is 11.6. The SMILES string of the molecule is Cc1c(-c2cc(NC3C=CC(C(O)C(=O)N(C)C)=CP3)c(=O)[nH]n2)ccc(F)c1NC(=O)c1ccc(C(C)(C)C)cc1. The van der Waals surface area contributed by atoms with Gasteiger partial charge in [0.05, 0.1) is 17.2 Å². The lowest BCUT2D eigenvalue weighted by atomic mass is 9.86. The van der Waals surface area contributed by atoms with Gasteiger partial charge in [-0.1, -0.05) is 59.5 Å². The second-order valence-corrected chi connectivity index (χ2v) is 12.5. The van der Waals surface area contributed by atoms with Crippen molar-refractivity contribution in [2.45, 2.75) is 45.0 Å². The van der Waals surface area contributed by atoms with Crippen LogP contribution in [0.25, 0.3) is 11.3 Å². The number of aromatic amines is 1. The highest BCUT2D eigenvalue weighted by Gasteiger charge is 2.23. The van der Waals surface area contributed by atoms with E-state index in [2.05, 4.69) is 41.6 Å². The molecule has 0 aliphatic carbocycles. The van der Waals surface area contributed by atoms with Gasteiger partial charge in [-0.05, 0) is 59.4 Å². The van der Waals surface area contributed by atoms with Crippen LogP contribution in [-0.2, 0) is 10.2 Å². The van der Waals surface area contributed by atoms with Crippen molar-refractivity contribution in [1.82, 2.24) is 15.1 Å². The van der Waals surface area contributed by atoms with E-state index in [4.69, 9.17) is 0 Å². The number of aliphatic hydroxyl groups excluding tert-OH is 1. The molecule has 220 valence electrons. The minimum atomic E-state index is -1.25. The smallest absolute Gasteiger partial charge is 0.287 e. The first-order valence-corrected chi connectivity index (χ1v) is 14.5. The predicted molar refractivity (Wildman–Crippen MR) is 166 cm³/mol. The van der Waals surface area contributed by atoms with E-state index in [9.17, 15) is 23.9 Å². The monoisotopic (exact) mass is 591 g/mol. The van der Waals surface area contributed by atoms with Gasteiger partial charge in [0.25, 0.3) is 17.4 Å². The Kier molecular flexibility index (Phi) is 9.09. The Labute approximate surface area is 245 Å². The number of hydrogen-bond donors (Lipinski definition) is 4. The van der Waals surface area contributed by atoms with Gasteiger partial charge < -0.3 is 20.6 Å². The van der Waals surface area contributed by atoms with E-state index in [0.29, 0.717) is 28.0 Å². The standard InChI is InChI=1S/C31H35FN5O4P/c1-17-21(12-13-22(32)26(17)34-28(39)18-7-10-20(11-8-18)31(2,3)4)23-15-24(29(40)36-35-23)33-25-14-9-19(16-42-25)27(38)30(41)37(5)6/h7-16,25,27,38,42H,1-6H3,(H,33,35)(H,34,39)(H,36,40). The molecule has 1 aromatic heterocycles. The summed E-state index contributed by atoms with van der Waals surface area (Å²) in [7, 11) is 3.30. The zero-order valence-corrected chi connectivity index (χ0v) is 25.4. The van der Waals surface area contributed by atoms with Crippen LogP contribution in [0.1, 0.15) is 42.3 Å². The molecule has 42 heavy (non-hydrogen) atoms. The predicted octanol–water partition coefficient (Wildman–Crippen LogP) is 4.75. The maximum atomic E-state index is 14.9. The van der Waals surface area contributed by atoms with E-state index >= 15 is 0 Å². The number of anilines is 2. The highest BCUT2D eigenvalue weighted by Crippen LogP contribution is 2.33. The zero-order chi connectivity index (χ0) is 30.8. The van der Waals surface area contributed by atoms with Gasteiger partial charge in [-0.3, -0.25) is 14.4 Å². The number of likely N-dealkylation sites (N-methyl/N-ethyl adjacent to an activating group) is 1. The molecule has 1 aliphatic rings. The quantitative estimate of drug-likeness (QED) is 0.294. The van der Waals surface area contributed by atoms with E-state index in [1.165, 1.54) is 11.0 Å². The molecule has 0 spiro atoms. The third-order valence-electron chi connectivity index (χ3n) is 6.96. The first-order chi connectivity index (χ1) is 19.8. The van der Waals surface area contributed by atoms with Crippen LogP contribution in [0.5, 0.6) is 0 Å². The minimum Gasteiger partial charge on any atom is -0.378 e. The van der Waals surface area contributed by atoms with Crippen molar-refractivity contribution in [2.24, 2.45) is 0 Å². The van der Waals surface area contributed by atoms with Crippen LogP contribution in [0, 0.1) is 12.7 Å². The molecule has 3 unspecified atom stereocenters. The van der Waals surface area contributed by atoms with Crippen LogP contribution < -0.4 is 16.2 Å². The number of hydrogen-bond acceptors (Lipinski definition) is 6. The Morgan fingerprint density at radius 3 is 2.43 bits per heavy atom. The lowest BCUT2D eigenvalue weighted by Crippen LogP contribution is -2.34. The molecule has 2 heterocycles. The average Bonchev–Trinajstić information content (AvgIpc) is 2.95. The van der Waals surface area contributed by atoms with E-state index < -0.39 is 29.3 Å². The molecule has 2 aromatic carbocycles. The molecule has 9 nitrogen and oxygen atoms in total. The number of carbonyl (C=O) groups is 2. The van der Waals surface area contributed by atoms with Gasteiger partial charge in [0.2, 0.25) is 0 Å². The van der Waals surface area contributed by atoms with Crippen molar-refractivity contribution >= 4 is 31.8 Å². The molecule has 0 fully saturated rings. The number of amides is 2. The van der Waals surface area contributed by atoms with Gasteiger partial charge in [-0.15, -0.1) is 0 Å². The fourth-order valence-electron chi connectivity index (χ4n) is 4.38. The maximum Gasteiger partial charge on any atom is 0.287 e. The molecule has 0 bridgehead atoms. The topological polar surface area (TPSA) is 127 Å². The van der Waals surface area contributed by atoms with Gasteiger partial charge in [0, 0.05) is 25.2 Å². The third-order valence-corrected chi connectivity index (χ3v) is 8.15. The molecule has 0 radical (unpaired) electrons. The summed E-state index contributed by atoms with van der Waals surface area (Å²) in [6.45, 7) is 7.92. The van der Waals surface area contributed by atoms with Crippen LogP contribution in [0.4, 0.5) is 15.8 Å². The van der Waals surface area contributed by atoms with Crippen LogP contribution in [0.15, 0.2) is 70.8 Å². The summed E-state index contributed by atoms with van der Waals surface area (Å²) in [6.07, 6.45) is 2.19. The van der Waals surface area contributed by atoms with Gasteiger partial charge in [-0.25, -0.2) is 9.49 Å². The van der Waals surface area contributed by atoms with Crippen molar-refractivity contribution in [2.75, 3.05) is 24.7 Å². The number of carbonyl (C=O) groups excluding carboxylic acids is 2. The van der Waals surface area contributed by atoms with Gasteiger partial charge in [-0.2, -0.15) is 5.10 Å². The van der Waals surface area contributed by atoms with Gasteiger partial charge in [0.1, 0.15) is 11.5 Å². The number of nitrogens with one attached hydrogen (secondary N) is 3. The largest absolute Gasteiger partial charge is 0.378 e. The molecular formula is C31H35FN5O4P. The normalized spacial score (nSPS) is 16.1. The van der Waals surface area contributed by atoms with Gasteiger partial charge in [0.15, 0.2) is 6.10 Å². The van der Waals surface area contributed by atoms with E-state index in [1.807, 2.05) is 12.1 Å². The van der Waals surface area contributed by atoms with Crippen LogP contribution in [0.2, 0.25) is 0 Å².